The Kier molecular flexibility index (Phi) is 6.23. The maximum Gasteiger partial charge on any atom is 0.341 e. The summed E-state index contributed by atoms with van der Waals surface area (Å²) < 4.78 is 20.0. The Hall–Kier alpha value is -3.01. The predicted octanol–water partition coefficient (Wildman–Crippen LogP) is 3.35. The maximum atomic E-state index is 14.3. The molecule has 0 saturated carbocycles. The molecule has 0 atom stereocenters. The molecule has 0 aliphatic rings. The van der Waals surface area contributed by atoms with Crippen molar-refractivity contribution in [3.8, 4) is 5.75 Å². The Morgan fingerprint density at radius 1 is 1.23 bits per heavy atom. The minimum Gasteiger partial charge on any atom is -0.481 e. The Labute approximate surface area is 155 Å². The normalized spacial score (nSPS) is 10.2. The summed E-state index contributed by atoms with van der Waals surface area (Å²) in [6.45, 7) is -1.18. The van der Waals surface area contributed by atoms with Crippen molar-refractivity contribution in [3.63, 3.8) is 0 Å². The highest BCUT2D eigenvalue weighted by molar-refractivity contribution is 9.10. The average molecular weight is 427 g/mol. The number of non-ortho nitro benzene ring substituents is 1. The third kappa shape index (κ3) is 4.99. The molecule has 0 aromatic heterocycles. The van der Waals surface area contributed by atoms with Crippen molar-refractivity contribution in [2.75, 3.05) is 6.61 Å². The first-order valence-corrected chi connectivity index (χ1v) is 7.92. The fourth-order valence-corrected chi connectivity index (χ4v) is 2.28. The number of benzene rings is 2. The van der Waals surface area contributed by atoms with Gasteiger partial charge >= 0.3 is 5.97 Å². The second-order valence-corrected chi connectivity index (χ2v) is 5.99. The lowest BCUT2D eigenvalue weighted by Gasteiger charge is -2.15. The van der Waals surface area contributed by atoms with Crippen LogP contribution in [0.5, 0.6) is 5.75 Å². The van der Waals surface area contributed by atoms with Crippen molar-refractivity contribution >= 4 is 33.5 Å². The van der Waals surface area contributed by atoms with Crippen molar-refractivity contribution in [1.29, 1.82) is 0 Å². The monoisotopic (exact) mass is 426 g/mol. The Morgan fingerprint density at radius 3 is 2.46 bits per heavy atom. The quantitative estimate of drug-likeness (QED) is 0.412. The summed E-state index contributed by atoms with van der Waals surface area (Å²) in [5.41, 5.74) is -0.407. The minimum absolute atomic E-state index is 0.129. The van der Waals surface area contributed by atoms with E-state index in [1.807, 2.05) is 0 Å². The van der Waals surface area contributed by atoms with Crippen LogP contribution in [-0.4, -0.2) is 33.6 Å². The van der Waals surface area contributed by atoms with E-state index in [-0.39, 0.29) is 10.9 Å². The molecular weight excluding hydrogens is 415 g/mol. The van der Waals surface area contributed by atoms with E-state index in [0.29, 0.717) is 5.56 Å². The summed E-state index contributed by atoms with van der Waals surface area (Å²) in [4.78, 5) is 33.1. The third-order valence-electron chi connectivity index (χ3n) is 3.21. The van der Waals surface area contributed by atoms with Crippen molar-refractivity contribution in [1.82, 2.24) is 5.12 Å². The fourth-order valence-electron chi connectivity index (χ4n) is 2.02. The molecular formula is C16H12BrFN2O6. The number of aliphatic carboxylic acids is 1. The Bertz CT molecular complexity index is 843. The lowest BCUT2D eigenvalue weighted by molar-refractivity contribution is -0.384. The standard InChI is InChI=1S/C16H12BrFN2O6/c17-11-3-1-10(2-4-11)8-19(18)16(23)13-7-12(20(24)25)5-6-14(13)26-9-15(21)22/h1-7H,8-9H2,(H,21,22). The number of halogens is 2. The number of carbonyl (C=O) groups is 2. The number of nitro groups is 1. The van der Waals surface area contributed by atoms with Gasteiger partial charge in [0, 0.05) is 16.6 Å². The molecule has 8 nitrogen and oxygen atoms in total. The fraction of sp³-hybridized carbons (Fsp3) is 0.125. The van der Waals surface area contributed by atoms with E-state index in [1.165, 1.54) is 0 Å². The summed E-state index contributed by atoms with van der Waals surface area (Å²) in [7, 11) is 0. The summed E-state index contributed by atoms with van der Waals surface area (Å²) in [5.74, 6) is -2.76. The average Bonchev–Trinajstić information content (AvgIpc) is 2.60. The van der Waals surface area contributed by atoms with E-state index in [4.69, 9.17) is 9.84 Å². The van der Waals surface area contributed by atoms with Gasteiger partial charge in [-0.3, -0.25) is 14.9 Å². The molecule has 0 saturated heterocycles. The zero-order valence-corrected chi connectivity index (χ0v) is 14.7. The lowest BCUT2D eigenvalue weighted by Crippen LogP contribution is -2.23. The SMILES string of the molecule is O=C(O)COc1ccc([N+](=O)[O-])cc1C(=O)N(F)Cc1ccc(Br)cc1. The highest BCUT2D eigenvalue weighted by Gasteiger charge is 2.23. The number of ether oxygens (including phenoxy) is 1. The Balaban J connectivity index is 2.28. The van der Waals surface area contributed by atoms with Crippen molar-refractivity contribution in [2.45, 2.75) is 6.54 Å². The summed E-state index contributed by atoms with van der Waals surface area (Å²) in [6.07, 6.45) is 0. The number of carboxylic acid groups (broad SMARTS) is 1. The Morgan fingerprint density at radius 2 is 1.88 bits per heavy atom. The van der Waals surface area contributed by atoms with Crippen LogP contribution < -0.4 is 4.74 Å². The lowest BCUT2D eigenvalue weighted by atomic mass is 10.1. The first kappa shape index (κ1) is 19.3. The number of carboxylic acids is 1. The van der Waals surface area contributed by atoms with Crippen molar-refractivity contribution in [3.05, 3.63) is 68.2 Å². The second kappa shape index (κ2) is 8.39. The van der Waals surface area contributed by atoms with Crippen LogP contribution in [0.15, 0.2) is 46.9 Å². The van der Waals surface area contributed by atoms with Gasteiger partial charge in [0.1, 0.15) is 5.75 Å². The third-order valence-corrected chi connectivity index (χ3v) is 3.74. The number of carbonyl (C=O) groups excluding carboxylic acids is 1. The van der Waals surface area contributed by atoms with Crippen molar-refractivity contribution < 1.29 is 28.8 Å². The molecule has 136 valence electrons. The van der Waals surface area contributed by atoms with Crippen LogP contribution in [0.1, 0.15) is 15.9 Å². The molecule has 0 heterocycles. The minimum atomic E-state index is -1.31. The molecule has 0 spiro atoms. The van der Waals surface area contributed by atoms with E-state index in [2.05, 4.69) is 15.9 Å². The molecule has 0 aliphatic heterocycles. The molecule has 2 aromatic carbocycles. The highest BCUT2D eigenvalue weighted by atomic mass is 79.9. The van der Waals surface area contributed by atoms with E-state index in [0.717, 1.165) is 22.7 Å². The van der Waals surface area contributed by atoms with Crippen LogP contribution in [-0.2, 0) is 11.3 Å². The van der Waals surface area contributed by atoms with Gasteiger partial charge in [0.25, 0.3) is 11.6 Å². The smallest absolute Gasteiger partial charge is 0.341 e. The number of nitrogens with zero attached hydrogens (tertiary/aromatic N) is 2. The van der Waals surface area contributed by atoms with Crippen LogP contribution in [0.3, 0.4) is 0 Å². The van der Waals surface area contributed by atoms with Gasteiger partial charge in [-0.25, -0.2) is 4.79 Å². The van der Waals surface area contributed by atoms with Gasteiger partial charge in [0.15, 0.2) is 6.61 Å². The number of nitro benzene ring substituents is 1. The van der Waals surface area contributed by atoms with E-state index >= 15 is 0 Å². The summed E-state index contributed by atoms with van der Waals surface area (Å²) >= 11 is 3.23. The van der Waals surface area contributed by atoms with Crippen LogP contribution in [0.25, 0.3) is 0 Å². The van der Waals surface area contributed by atoms with E-state index < -0.39 is 41.2 Å². The first-order valence-electron chi connectivity index (χ1n) is 7.13. The number of hydrogen-bond acceptors (Lipinski definition) is 5. The van der Waals surface area contributed by atoms with Crippen LogP contribution in [0.2, 0.25) is 0 Å². The van der Waals surface area contributed by atoms with Gasteiger partial charge in [-0.15, -0.1) is 0 Å². The van der Waals surface area contributed by atoms with Gasteiger partial charge in [-0.05, 0) is 23.8 Å². The second-order valence-electron chi connectivity index (χ2n) is 5.07. The molecule has 0 fully saturated rings. The van der Waals surface area contributed by atoms with Crippen LogP contribution in [0, 0.1) is 10.1 Å². The molecule has 2 aromatic rings. The van der Waals surface area contributed by atoms with Crippen LogP contribution in [0.4, 0.5) is 10.2 Å². The molecule has 10 heteroatoms. The topological polar surface area (TPSA) is 110 Å². The van der Waals surface area contributed by atoms with E-state index in [9.17, 15) is 24.2 Å². The highest BCUT2D eigenvalue weighted by Crippen LogP contribution is 2.26. The molecule has 0 radical (unpaired) electrons. The largest absolute Gasteiger partial charge is 0.481 e. The van der Waals surface area contributed by atoms with Gasteiger partial charge in [0.05, 0.1) is 17.0 Å². The van der Waals surface area contributed by atoms with Crippen LogP contribution >= 0.6 is 15.9 Å². The summed E-state index contributed by atoms with van der Waals surface area (Å²) in [6, 6.07) is 9.46. The van der Waals surface area contributed by atoms with Gasteiger partial charge < -0.3 is 9.84 Å². The molecule has 0 unspecified atom stereocenters. The molecule has 2 rings (SSSR count). The zero-order valence-electron chi connectivity index (χ0n) is 13.1. The first-order chi connectivity index (χ1) is 12.3. The number of hydrogen-bond donors (Lipinski definition) is 1. The molecule has 1 amide bonds. The predicted molar refractivity (Wildman–Crippen MR) is 91.4 cm³/mol. The molecule has 0 bridgehead atoms. The number of amides is 1. The van der Waals surface area contributed by atoms with Gasteiger partial charge in [-0.1, -0.05) is 32.5 Å². The zero-order chi connectivity index (χ0) is 19.3. The molecule has 0 aliphatic carbocycles. The molecule has 26 heavy (non-hydrogen) atoms. The van der Waals surface area contributed by atoms with Gasteiger partial charge in [0.2, 0.25) is 0 Å². The van der Waals surface area contributed by atoms with E-state index in [1.54, 1.807) is 24.3 Å². The summed E-state index contributed by atoms with van der Waals surface area (Å²) in [5, 5.41) is 19.4. The van der Waals surface area contributed by atoms with Gasteiger partial charge in [-0.2, -0.15) is 5.12 Å². The molecule has 1 N–H and O–H groups in total. The van der Waals surface area contributed by atoms with Crippen molar-refractivity contribution in [2.24, 2.45) is 0 Å². The number of rotatable bonds is 7. The maximum absolute atomic E-state index is 14.3.